The number of ketones is 1. The van der Waals surface area contributed by atoms with Crippen molar-refractivity contribution in [1.82, 2.24) is 14.7 Å². The number of aromatic nitrogens is 2. The lowest BCUT2D eigenvalue weighted by molar-refractivity contribution is -0.147. The van der Waals surface area contributed by atoms with Crippen LogP contribution in [0.15, 0.2) is 36.5 Å². The van der Waals surface area contributed by atoms with Crippen LogP contribution in [0.2, 0.25) is 10.0 Å². The van der Waals surface area contributed by atoms with E-state index in [1.807, 2.05) is 0 Å². The van der Waals surface area contributed by atoms with Crippen LogP contribution in [0.25, 0.3) is 0 Å². The summed E-state index contributed by atoms with van der Waals surface area (Å²) in [4.78, 5) is 38.7. The van der Waals surface area contributed by atoms with E-state index in [9.17, 15) is 54.6 Å². The fourth-order valence-corrected chi connectivity index (χ4v) is 5.89. The molecule has 0 saturated heterocycles. The van der Waals surface area contributed by atoms with Gasteiger partial charge in [0.05, 0.1) is 51.4 Å². The van der Waals surface area contributed by atoms with Gasteiger partial charge in [0.15, 0.2) is 11.5 Å². The van der Waals surface area contributed by atoms with E-state index >= 15 is 0 Å². The molecule has 2 aromatic carbocycles. The lowest BCUT2D eigenvalue weighted by Crippen LogP contribution is -2.37. The fourth-order valence-electron chi connectivity index (χ4n) is 5.19. The molecule has 242 valence electrons. The van der Waals surface area contributed by atoms with Crippen molar-refractivity contribution in [3.63, 3.8) is 0 Å². The molecule has 0 unspecified atom stereocenters. The molecule has 0 bridgehead atoms. The van der Waals surface area contributed by atoms with Crippen molar-refractivity contribution >= 4 is 40.9 Å². The van der Waals surface area contributed by atoms with Crippen molar-refractivity contribution in [2.75, 3.05) is 6.54 Å². The first-order chi connectivity index (χ1) is 20.9. The summed E-state index contributed by atoms with van der Waals surface area (Å²) in [5.41, 5.74) is -4.77. The van der Waals surface area contributed by atoms with Gasteiger partial charge < -0.3 is 10.0 Å². The molecule has 0 atom stereocenters. The molecular formula is C28H21Cl2F8N3O4. The van der Waals surface area contributed by atoms with E-state index < -0.39 is 99.1 Å². The molecule has 1 fully saturated rings. The van der Waals surface area contributed by atoms with Crippen LogP contribution in [0, 0.1) is 17.6 Å². The second-order valence-corrected chi connectivity index (χ2v) is 11.2. The van der Waals surface area contributed by atoms with E-state index in [0.717, 1.165) is 12.1 Å². The smallest absolute Gasteiger partial charge is 0.433 e. The maximum absolute atomic E-state index is 14.4. The third-order valence-corrected chi connectivity index (χ3v) is 7.85. The molecule has 1 amide bonds. The maximum Gasteiger partial charge on any atom is 0.433 e. The number of aliphatic carboxylic acids is 1. The molecule has 1 saturated carbocycles. The number of Topliss-reactive ketones (excluding diaryl/α,β-unsaturated/α-hetero) is 1. The number of carboxylic acids is 1. The highest BCUT2D eigenvalue weighted by Crippen LogP contribution is 2.40. The summed E-state index contributed by atoms with van der Waals surface area (Å²) >= 11 is 11.8. The lowest BCUT2D eigenvalue weighted by atomic mass is 9.86. The average molecular weight is 686 g/mol. The third kappa shape index (κ3) is 7.75. The summed E-state index contributed by atoms with van der Waals surface area (Å²) < 4.78 is 111. The van der Waals surface area contributed by atoms with E-state index in [1.54, 1.807) is 0 Å². The Balaban J connectivity index is 1.74. The standard InChI is InChI=1S/C28H21Cl2F8N3O4/c29-20-7-15(27(33,34)35)8-21(30)23(20)22(42)12-40(11-13-5-16(31)9-17(32)6-13)25(43)19-10-39-41(24(19)28(36,37)38)18-3-1-14(2-4-18)26(44)45/h5-10,14,18H,1-4,11-12H2,(H,44,45). The van der Waals surface area contributed by atoms with Crippen molar-refractivity contribution < 1.29 is 54.6 Å². The van der Waals surface area contributed by atoms with Crippen LogP contribution in [-0.2, 0) is 23.7 Å². The number of hydrogen-bond donors (Lipinski definition) is 1. The number of carboxylic acid groups (broad SMARTS) is 1. The summed E-state index contributed by atoms with van der Waals surface area (Å²) in [6, 6.07) is 1.91. The highest BCUT2D eigenvalue weighted by molar-refractivity contribution is 6.40. The van der Waals surface area contributed by atoms with E-state index in [4.69, 9.17) is 23.2 Å². The van der Waals surface area contributed by atoms with Crippen molar-refractivity contribution in [3.8, 4) is 0 Å². The van der Waals surface area contributed by atoms with E-state index in [0.29, 0.717) is 34.0 Å². The molecule has 0 aliphatic heterocycles. The van der Waals surface area contributed by atoms with E-state index in [1.165, 1.54) is 0 Å². The first-order valence-corrected chi connectivity index (χ1v) is 13.8. The number of carbonyl (C=O) groups excluding carboxylic acids is 2. The SMILES string of the molecule is O=C(CN(Cc1cc(F)cc(F)c1)C(=O)c1cnn(C2CCC(C(=O)O)CC2)c1C(F)(F)F)c1c(Cl)cc(C(F)(F)F)cc1Cl. The van der Waals surface area contributed by atoms with E-state index in [2.05, 4.69) is 5.10 Å². The minimum atomic E-state index is -5.17. The summed E-state index contributed by atoms with van der Waals surface area (Å²) in [6.07, 6.45) is -9.33. The Morgan fingerprint density at radius 1 is 0.889 bits per heavy atom. The molecule has 1 heterocycles. The van der Waals surface area contributed by atoms with Gasteiger partial charge in [-0.15, -0.1) is 0 Å². The Hall–Kier alpha value is -3.72. The number of alkyl halides is 6. The van der Waals surface area contributed by atoms with Gasteiger partial charge in [-0.2, -0.15) is 31.4 Å². The lowest BCUT2D eigenvalue weighted by Gasteiger charge is -2.28. The first-order valence-electron chi connectivity index (χ1n) is 13.1. The number of carbonyl (C=O) groups is 3. The number of halogens is 10. The number of rotatable bonds is 8. The van der Waals surface area contributed by atoms with Crippen LogP contribution >= 0.6 is 23.2 Å². The molecule has 3 aromatic rings. The molecule has 1 aliphatic carbocycles. The van der Waals surface area contributed by atoms with Crippen LogP contribution in [-0.4, -0.2) is 44.0 Å². The van der Waals surface area contributed by atoms with Gasteiger partial charge in [-0.3, -0.25) is 19.1 Å². The summed E-state index contributed by atoms with van der Waals surface area (Å²) in [6.45, 7) is -1.94. The summed E-state index contributed by atoms with van der Waals surface area (Å²) in [5, 5.41) is 11.5. The van der Waals surface area contributed by atoms with Gasteiger partial charge in [0.25, 0.3) is 5.91 Å². The Kier molecular flexibility index (Phi) is 9.83. The van der Waals surface area contributed by atoms with Crippen LogP contribution in [0.4, 0.5) is 35.1 Å². The largest absolute Gasteiger partial charge is 0.481 e. The quantitative estimate of drug-likeness (QED) is 0.193. The number of amides is 1. The number of hydrogen-bond acceptors (Lipinski definition) is 4. The van der Waals surface area contributed by atoms with Crippen LogP contribution in [0.3, 0.4) is 0 Å². The molecule has 4 rings (SSSR count). The Morgan fingerprint density at radius 2 is 1.44 bits per heavy atom. The van der Waals surface area contributed by atoms with Gasteiger partial charge >= 0.3 is 18.3 Å². The number of benzene rings is 2. The van der Waals surface area contributed by atoms with Crippen LogP contribution < -0.4 is 0 Å². The highest BCUT2D eigenvalue weighted by Gasteiger charge is 2.43. The summed E-state index contributed by atoms with van der Waals surface area (Å²) in [7, 11) is 0. The zero-order chi connectivity index (χ0) is 33.4. The molecule has 1 aliphatic rings. The molecule has 0 radical (unpaired) electrons. The molecular weight excluding hydrogens is 665 g/mol. The minimum Gasteiger partial charge on any atom is -0.481 e. The molecule has 1 N–H and O–H groups in total. The monoisotopic (exact) mass is 685 g/mol. The zero-order valence-electron chi connectivity index (χ0n) is 22.7. The topological polar surface area (TPSA) is 92.5 Å². The Morgan fingerprint density at radius 3 is 1.93 bits per heavy atom. The second-order valence-electron chi connectivity index (χ2n) is 10.4. The second kappa shape index (κ2) is 12.9. The van der Waals surface area contributed by atoms with Crippen molar-refractivity contribution in [2.45, 2.75) is 50.6 Å². The van der Waals surface area contributed by atoms with Gasteiger partial charge in [-0.1, -0.05) is 23.2 Å². The molecule has 17 heteroatoms. The molecule has 0 spiro atoms. The first kappa shape index (κ1) is 34.2. The van der Waals surface area contributed by atoms with Gasteiger partial charge in [-0.25, -0.2) is 8.78 Å². The van der Waals surface area contributed by atoms with Crippen LogP contribution in [0.5, 0.6) is 0 Å². The average Bonchev–Trinajstić information content (AvgIpc) is 3.37. The van der Waals surface area contributed by atoms with Gasteiger partial charge in [0.2, 0.25) is 0 Å². The van der Waals surface area contributed by atoms with Gasteiger partial charge in [0.1, 0.15) is 11.6 Å². The molecule has 7 nitrogen and oxygen atoms in total. The van der Waals surface area contributed by atoms with E-state index in [-0.39, 0.29) is 31.2 Å². The summed E-state index contributed by atoms with van der Waals surface area (Å²) in [5.74, 6) is -6.69. The van der Waals surface area contributed by atoms with Gasteiger partial charge in [-0.05, 0) is 55.5 Å². The molecule has 45 heavy (non-hydrogen) atoms. The van der Waals surface area contributed by atoms with Crippen LogP contribution in [0.1, 0.15) is 69.3 Å². The fraction of sp³-hybridized carbons (Fsp3) is 0.357. The Labute approximate surface area is 259 Å². The zero-order valence-corrected chi connectivity index (χ0v) is 24.2. The molecule has 1 aromatic heterocycles. The minimum absolute atomic E-state index is 0.00501. The Bertz CT molecular complexity index is 1590. The number of nitrogens with zero attached hydrogens (tertiary/aromatic N) is 3. The maximum atomic E-state index is 14.4. The van der Waals surface area contributed by atoms with Crippen molar-refractivity contribution in [3.05, 3.63) is 86.2 Å². The van der Waals surface area contributed by atoms with Crippen molar-refractivity contribution in [1.29, 1.82) is 0 Å². The van der Waals surface area contributed by atoms with Gasteiger partial charge in [0, 0.05) is 12.6 Å². The predicted octanol–water partition coefficient (Wildman–Crippen LogP) is 7.85. The third-order valence-electron chi connectivity index (χ3n) is 7.25. The predicted molar refractivity (Wildman–Crippen MR) is 143 cm³/mol. The highest BCUT2D eigenvalue weighted by atomic mass is 35.5. The normalized spacial score (nSPS) is 17.3. The van der Waals surface area contributed by atoms with Crippen molar-refractivity contribution in [2.24, 2.45) is 5.92 Å².